The molecule has 0 N–H and O–H groups in total. The van der Waals surface area contributed by atoms with E-state index in [4.69, 9.17) is 23.7 Å². The van der Waals surface area contributed by atoms with E-state index in [1.807, 2.05) is 121 Å². The first kappa shape index (κ1) is 33.2. The maximum atomic E-state index is 15.7. The molecule has 1 aliphatic rings. The third-order valence-corrected chi connectivity index (χ3v) is 8.31. The number of nitrogens with zero attached hydrogens (tertiary/aromatic N) is 1. The summed E-state index contributed by atoms with van der Waals surface area (Å²) in [5.74, 6) is -0.498. The van der Waals surface area contributed by atoms with Crippen LogP contribution in [0.5, 0.6) is 0 Å². The molecule has 0 radical (unpaired) electrons. The van der Waals surface area contributed by atoms with Gasteiger partial charge in [0.2, 0.25) is 0 Å². The molecule has 244 valence electrons. The van der Waals surface area contributed by atoms with E-state index in [-0.39, 0.29) is 25.4 Å². The van der Waals surface area contributed by atoms with Crippen molar-refractivity contribution in [3.8, 4) is 6.07 Å². The SMILES string of the molecule is N#Cc1ccc(F)c(C2O[C@H](COCc3ccccc3)[C@@H](OCc3ccccc3)C(OCc3ccccc3)[C@H]2OCc2ccccc2)c1. The summed E-state index contributed by atoms with van der Waals surface area (Å²) >= 11 is 0. The molecule has 6 rings (SSSR count). The lowest BCUT2D eigenvalue weighted by Gasteiger charge is -2.46. The minimum atomic E-state index is -0.926. The summed E-state index contributed by atoms with van der Waals surface area (Å²) in [7, 11) is 0. The summed E-state index contributed by atoms with van der Waals surface area (Å²) in [5.41, 5.74) is 4.45. The van der Waals surface area contributed by atoms with Crippen molar-refractivity contribution in [3.63, 3.8) is 0 Å². The zero-order valence-electron chi connectivity index (χ0n) is 26.6. The first-order valence-corrected chi connectivity index (χ1v) is 16.1. The van der Waals surface area contributed by atoms with Crippen LogP contribution in [-0.2, 0) is 50.1 Å². The molecular formula is C41H38FNO5. The third kappa shape index (κ3) is 8.81. The highest BCUT2D eigenvalue weighted by Crippen LogP contribution is 2.39. The lowest BCUT2D eigenvalue weighted by Crippen LogP contribution is -2.58. The fourth-order valence-electron chi connectivity index (χ4n) is 5.87. The second-order valence-corrected chi connectivity index (χ2v) is 11.7. The van der Waals surface area contributed by atoms with Crippen LogP contribution in [-0.4, -0.2) is 31.0 Å². The predicted octanol–water partition coefficient (Wildman–Crippen LogP) is 8.11. The van der Waals surface area contributed by atoms with E-state index in [9.17, 15) is 5.26 Å². The number of rotatable bonds is 14. The van der Waals surface area contributed by atoms with Gasteiger partial charge in [-0.05, 0) is 40.5 Å². The third-order valence-electron chi connectivity index (χ3n) is 8.31. The number of benzene rings is 5. The second-order valence-electron chi connectivity index (χ2n) is 11.7. The molecule has 6 nitrogen and oxygen atoms in total. The Morgan fingerprint density at radius 2 is 1.02 bits per heavy atom. The van der Waals surface area contributed by atoms with Crippen LogP contribution in [0.25, 0.3) is 0 Å². The molecule has 2 unspecified atom stereocenters. The molecule has 1 fully saturated rings. The van der Waals surface area contributed by atoms with E-state index in [1.165, 1.54) is 18.2 Å². The maximum Gasteiger partial charge on any atom is 0.129 e. The number of halogens is 1. The minimum Gasteiger partial charge on any atom is -0.374 e. The normalized spacial score (nSPS) is 20.6. The molecule has 1 saturated heterocycles. The van der Waals surface area contributed by atoms with E-state index >= 15 is 4.39 Å². The van der Waals surface area contributed by atoms with Gasteiger partial charge < -0.3 is 23.7 Å². The highest BCUT2D eigenvalue weighted by Gasteiger charge is 2.49. The summed E-state index contributed by atoms with van der Waals surface area (Å²) in [6, 6.07) is 45.8. The Balaban J connectivity index is 1.38. The summed E-state index contributed by atoms with van der Waals surface area (Å²) in [6.07, 6.45) is -3.74. The van der Waals surface area contributed by atoms with Gasteiger partial charge in [-0.15, -0.1) is 0 Å². The maximum absolute atomic E-state index is 15.7. The van der Waals surface area contributed by atoms with Crippen LogP contribution in [0.2, 0.25) is 0 Å². The minimum absolute atomic E-state index is 0.154. The summed E-state index contributed by atoms with van der Waals surface area (Å²) < 4.78 is 48.8. The van der Waals surface area contributed by atoms with Gasteiger partial charge in [-0.1, -0.05) is 121 Å². The highest BCUT2D eigenvalue weighted by atomic mass is 19.1. The van der Waals surface area contributed by atoms with Gasteiger partial charge in [0.1, 0.15) is 36.3 Å². The Hall–Kier alpha value is -4.68. The van der Waals surface area contributed by atoms with Crippen molar-refractivity contribution >= 4 is 0 Å². The van der Waals surface area contributed by atoms with Gasteiger partial charge in [0.15, 0.2) is 0 Å². The van der Waals surface area contributed by atoms with Gasteiger partial charge >= 0.3 is 0 Å². The first-order valence-electron chi connectivity index (χ1n) is 16.1. The Kier molecular flexibility index (Phi) is 11.7. The number of hydrogen-bond acceptors (Lipinski definition) is 6. The van der Waals surface area contributed by atoms with E-state index in [0.29, 0.717) is 18.8 Å². The van der Waals surface area contributed by atoms with E-state index in [0.717, 1.165) is 22.3 Å². The Labute approximate surface area is 281 Å². The van der Waals surface area contributed by atoms with Crippen LogP contribution < -0.4 is 0 Å². The fraction of sp³-hybridized carbons (Fsp3) is 0.244. The molecular weight excluding hydrogens is 605 g/mol. The zero-order chi connectivity index (χ0) is 33.0. The number of ether oxygens (including phenoxy) is 5. The van der Waals surface area contributed by atoms with Gasteiger partial charge in [0.25, 0.3) is 0 Å². The molecule has 1 heterocycles. The monoisotopic (exact) mass is 643 g/mol. The average molecular weight is 644 g/mol. The molecule has 5 atom stereocenters. The lowest BCUT2D eigenvalue weighted by atomic mass is 9.89. The first-order chi connectivity index (χ1) is 23.7. The van der Waals surface area contributed by atoms with E-state index < -0.39 is 36.3 Å². The molecule has 0 aromatic heterocycles. The summed E-state index contributed by atoms with van der Waals surface area (Å²) in [4.78, 5) is 0. The molecule has 0 saturated carbocycles. The fourth-order valence-corrected chi connectivity index (χ4v) is 5.87. The molecule has 5 aromatic carbocycles. The van der Waals surface area contributed by atoms with Gasteiger partial charge in [-0.2, -0.15) is 5.26 Å². The lowest BCUT2D eigenvalue weighted by molar-refractivity contribution is -0.275. The van der Waals surface area contributed by atoms with Crippen molar-refractivity contribution in [1.29, 1.82) is 5.26 Å². The summed E-state index contributed by atoms with van der Waals surface area (Å²) in [5, 5.41) is 9.72. The molecule has 48 heavy (non-hydrogen) atoms. The number of nitriles is 1. The molecule has 0 spiro atoms. The zero-order valence-corrected chi connectivity index (χ0v) is 26.6. The van der Waals surface area contributed by atoms with Crippen LogP contribution in [0.15, 0.2) is 140 Å². The molecule has 7 heteroatoms. The summed E-state index contributed by atoms with van der Waals surface area (Å²) in [6.45, 7) is 1.31. The molecule has 0 aliphatic carbocycles. The van der Waals surface area contributed by atoms with Crippen LogP contribution in [0.3, 0.4) is 0 Å². The smallest absolute Gasteiger partial charge is 0.129 e. The van der Waals surface area contributed by atoms with Crippen LogP contribution in [0.4, 0.5) is 4.39 Å². The molecule has 0 bridgehead atoms. The van der Waals surface area contributed by atoms with Gasteiger partial charge in [0.05, 0.1) is 44.7 Å². The molecule has 5 aromatic rings. The van der Waals surface area contributed by atoms with Gasteiger partial charge in [-0.3, -0.25) is 0 Å². The van der Waals surface area contributed by atoms with Crippen molar-refractivity contribution in [3.05, 3.63) is 179 Å². The molecule has 0 amide bonds. The number of hydrogen-bond donors (Lipinski definition) is 0. The van der Waals surface area contributed by atoms with Crippen molar-refractivity contribution in [2.24, 2.45) is 0 Å². The second kappa shape index (κ2) is 16.9. The Morgan fingerprint density at radius 1 is 0.562 bits per heavy atom. The van der Waals surface area contributed by atoms with E-state index in [2.05, 4.69) is 6.07 Å². The topological polar surface area (TPSA) is 69.9 Å². The van der Waals surface area contributed by atoms with Crippen molar-refractivity contribution in [2.75, 3.05) is 6.61 Å². The van der Waals surface area contributed by atoms with Gasteiger partial charge in [0, 0.05) is 5.56 Å². The van der Waals surface area contributed by atoms with Crippen LogP contribution in [0.1, 0.15) is 39.5 Å². The Bertz CT molecular complexity index is 1730. The van der Waals surface area contributed by atoms with Gasteiger partial charge in [-0.25, -0.2) is 4.39 Å². The van der Waals surface area contributed by atoms with Crippen molar-refractivity contribution < 1.29 is 28.1 Å². The molecule has 1 aliphatic heterocycles. The van der Waals surface area contributed by atoms with Crippen molar-refractivity contribution in [1.82, 2.24) is 0 Å². The van der Waals surface area contributed by atoms with Crippen LogP contribution >= 0.6 is 0 Å². The predicted molar refractivity (Wildman–Crippen MR) is 180 cm³/mol. The Morgan fingerprint density at radius 3 is 1.52 bits per heavy atom. The quantitative estimate of drug-likeness (QED) is 0.122. The average Bonchev–Trinajstić information content (AvgIpc) is 3.14. The largest absolute Gasteiger partial charge is 0.374 e. The standard InChI is InChI=1S/C41H38FNO5/c42-36-22-21-34(24-43)23-35(36)38-40(46-27-32-17-9-3-10-18-32)41(47-28-33-19-11-4-12-20-33)39(45-26-31-15-7-2-8-16-31)37(48-38)29-44-25-30-13-5-1-6-14-30/h1-23,37-41H,25-29H2/t37-,38?,39-,40+,41?/m1/s1. The van der Waals surface area contributed by atoms with Crippen molar-refractivity contribution in [2.45, 2.75) is 56.9 Å². The van der Waals surface area contributed by atoms with Crippen LogP contribution in [0, 0.1) is 17.1 Å². The highest BCUT2D eigenvalue weighted by molar-refractivity contribution is 5.36. The van der Waals surface area contributed by atoms with E-state index in [1.54, 1.807) is 0 Å².